The summed E-state index contributed by atoms with van der Waals surface area (Å²) >= 11 is 0. The van der Waals surface area contributed by atoms with Crippen molar-refractivity contribution in [3.8, 4) is 5.69 Å². The van der Waals surface area contributed by atoms with E-state index in [2.05, 4.69) is 15.3 Å². The van der Waals surface area contributed by atoms with Crippen LogP contribution < -0.4 is 10.9 Å². The molecule has 0 amide bonds. The smallest absolute Gasteiger partial charge is 0.284 e. The number of hydrogen-bond acceptors (Lipinski definition) is 4. The van der Waals surface area contributed by atoms with Gasteiger partial charge in [-0.3, -0.25) is 9.36 Å². The Morgan fingerprint density at radius 2 is 1.80 bits per heavy atom. The number of fused-ring (bicyclic) bond motifs is 1. The van der Waals surface area contributed by atoms with Crippen molar-refractivity contribution in [2.45, 2.75) is 0 Å². The molecule has 0 unspecified atom stereocenters. The molecule has 0 spiro atoms. The highest BCUT2D eigenvalue weighted by Crippen LogP contribution is 2.17. The minimum atomic E-state index is -0.348. The Kier molecular flexibility index (Phi) is 3.70. The Hall–Kier alpha value is -3.54. The van der Waals surface area contributed by atoms with Crippen molar-refractivity contribution in [2.24, 2.45) is 0 Å². The number of nitrogens with one attached hydrogen (secondary N) is 1. The molecular formula is C19H13FN4O. The number of benzene rings is 2. The number of hydrogen-bond donors (Lipinski definition) is 1. The van der Waals surface area contributed by atoms with Crippen molar-refractivity contribution in [2.75, 3.05) is 5.32 Å². The van der Waals surface area contributed by atoms with Gasteiger partial charge < -0.3 is 5.32 Å². The van der Waals surface area contributed by atoms with Crippen molar-refractivity contribution >= 4 is 22.5 Å². The van der Waals surface area contributed by atoms with E-state index < -0.39 is 0 Å². The maximum Gasteiger partial charge on any atom is 0.284 e. The minimum absolute atomic E-state index is 0.243. The van der Waals surface area contributed by atoms with Crippen LogP contribution in [0.25, 0.3) is 16.7 Å². The Morgan fingerprint density at radius 3 is 2.60 bits per heavy atom. The summed E-state index contributed by atoms with van der Waals surface area (Å²) in [6, 6.07) is 18.7. The molecule has 0 aliphatic carbocycles. The number of halogens is 1. The summed E-state index contributed by atoms with van der Waals surface area (Å²) in [5, 5.41) is 3.00. The van der Waals surface area contributed by atoms with Crippen LogP contribution in [0.3, 0.4) is 0 Å². The lowest BCUT2D eigenvalue weighted by Crippen LogP contribution is -2.20. The average molecular weight is 332 g/mol. The van der Waals surface area contributed by atoms with Crippen molar-refractivity contribution in [1.82, 2.24) is 14.5 Å². The van der Waals surface area contributed by atoms with Crippen LogP contribution in [0.15, 0.2) is 77.9 Å². The van der Waals surface area contributed by atoms with Crippen LogP contribution in [0.2, 0.25) is 0 Å². The molecule has 0 saturated carbocycles. The van der Waals surface area contributed by atoms with Gasteiger partial charge in [0.1, 0.15) is 18.0 Å². The zero-order valence-electron chi connectivity index (χ0n) is 13.1. The SMILES string of the molecule is O=c1c2nc(Nc3cccc(F)c3)ccc2ncn1-c1ccccc1. The van der Waals surface area contributed by atoms with E-state index in [0.717, 1.165) is 0 Å². The van der Waals surface area contributed by atoms with E-state index in [-0.39, 0.29) is 16.9 Å². The highest BCUT2D eigenvalue weighted by Gasteiger charge is 2.08. The van der Waals surface area contributed by atoms with Crippen LogP contribution in [0, 0.1) is 5.82 Å². The molecule has 25 heavy (non-hydrogen) atoms. The van der Waals surface area contributed by atoms with Crippen LogP contribution in [0.1, 0.15) is 0 Å². The molecule has 4 aromatic rings. The second kappa shape index (κ2) is 6.16. The summed E-state index contributed by atoms with van der Waals surface area (Å²) < 4.78 is 14.7. The van der Waals surface area contributed by atoms with Gasteiger partial charge in [-0.1, -0.05) is 24.3 Å². The summed E-state index contributed by atoms with van der Waals surface area (Å²) in [6.07, 6.45) is 1.49. The predicted octanol–water partition coefficient (Wildman–Crippen LogP) is 3.66. The standard InChI is InChI=1S/C19H13FN4O/c20-13-5-4-6-14(11-13)22-17-10-9-16-18(23-17)19(25)24(12-21-16)15-7-2-1-3-8-15/h1-12H,(H,22,23). The van der Waals surface area contributed by atoms with Gasteiger partial charge in [0, 0.05) is 5.69 Å². The Bertz CT molecular complexity index is 1110. The van der Waals surface area contributed by atoms with Crippen molar-refractivity contribution in [1.29, 1.82) is 0 Å². The summed E-state index contributed by atoms with van der Waals surface area (Å²) in [5.41, 5.74) is 1.75. The van der Waals surface area contributed by atoms with Gasteiger partial charge >= 0.3 is 0 Å². The third-order valence-corrected chi connectivity index (χ3v) is 3.74. The number of para-hydroxylation sites is 1. The van der Waals surface area contributed by atoms with E-state index in [0.29, 0.717) is 22.7 Å². The van der Waals surface area contributed by atoms with Gasteiger partial charge in [0.05, 0.1) is 11.2 Å². The molecule has 122 valence electrons. The molecule has 0 bridgehead atoms. The van der Waals surface area contributed by atoms with E-state index in [9.17, 15) is 9.18 Å². The second-order valence-electron chi connectivity index (χ2n) is 5.45. The largest absolute Gasteiger partial charge is 0.340 e. The monoisotopic (exact) mass is 332 g/mol. The quantitative estimate of drug-likeness (QED) is 0.622. The molecule has 5 nitrogen and oxygen atoms in total. The van der Waals surface area contributed by atoms with Gasteiger partial charge in [0.25, 0.3) is 5.56 Å². The van der Waals surface area contributed by atoms with Crippen LogP contribution in [-0.4, -0.2) is 14.5 Å². The maximum absolute atomic E-state index is 13.3. The molecule has 0 aliphatic rings. The molecular weight excluding hydrogens is 319 g/mol. The van der Waals surface area contributed by atoms with Crippen LogP contribution in [-0.2, 0) is 0 Å². The van der Waals surface area contributed by atoms with Crippen LogP contribution in [0.5, 0.6) is 0 Å². The topological polar surface area (TPSA) is 59.8 Å². The lowest BCUT2D eigenvalue weighted by Gasteiger charge is -2.08. The summed E-state index contributed by atoms with van der Waals surface area (Å²) in [4.78, 5) is 21.4. The molecule has 0 saturated heterocycles. The number of rotatable bonds is 3. The molecule has 0 atom stereocenters. The first-order valence-electron chi connectivity index (χ1n) is 7.67. The molecule has 2 aromatic carbocycles. The fourth-order valence-electron chi connectivity index (χ4n) is 2.56. The maximum atomic E-state index is 13.3. The van der Waals surface area contributed by atoms with Crippen molar-refractivity contribution in [3.63, 3.8) is 0 Å². The number of pyridine rings is 1. The third-order valence-electron chi connectivity index (χ3n) is 3.74. The van der Waals surface area contributed by atoms with E-state index >= 15 is 0 Å². The first-order chi connectivity index (χ1) is 12.2. The first-order valence-corrected chi connectivity index (χ1v) is 7.67. The summed E-state index contributed by atoms with van der Waals surface area (Å²) in [6.45, 7) is 0. The molecule has 0 fully saturated rings. The molecule has 2 aromatic heterocycles. The van der Waals surface area contributed by atoms with Gasteiger partial charge in [0.15, 0.2) is 5.52 Å². The van der Waals surface area contributed by atoms with E-state index in [4.69, 9.17) is 0 Å². The van der Waals surface area contributed by atoms with Crippen LogP contribution >= 0.6 is 0 Å². The Labute approximate surface area is 142 Å². The fourth-order valence-corrected chi connectivity index (χ4v) is 2.56. The second-order valence-corrected chi connectivity index (χ2v) is 5.45. The van der Waals surface area contributed by atoms with Gasteiger partial charge in [-0.25, -0.2) is 14.4 Å². The van der Waals surface area contributed by atoms with Gasteiger partial charge in [0.2, 0.25) is 0 Å². The van der Waals surface area contributed by atoms with Gasteiger partial charge in [-0.05, 0) is 42.5 Å². The van der Waals surface area contributed by atoms with E-state index in [1.165, 1.54) is 23.0 Å². The molecule has 1 N–H and O–H groups in total. The highest BCUT2D eigenvalue weighted by atomic mass is 19.1. The first kappa shape index (κ1) is 15.0. The number of nitrogens with zero attached hydrogens (tertiary/aromatic N) is 3. The number of aromatic nitrogens is 3. The van der Waals surface area contributed by atoms with Crippen LogP contribution in [0.4, 0.5) is 15.9 Å². The number of anilines is 2. The fraction of sp³-hybridized carbons (Fsp3) is 0. The van der Waals surface area contributed by atoms with E-state index in [1.54, 1.807) is 24.3 Å². The Morgan fingerprint density at radius 1 is 0.960 bits per heavy atom. The summed E-state index contributed by atoms with van der Waals surface area (Å²) in [5.74, 6) is 0.0988. The van der Waals surface area contributed by atoms with Gasteiger partial charge in [-0.2, -0.15) is 0 Å². The van der Waals surface area contributed by atoms with Crippen molar-refractivity contribution < 1.29 is 4.39 Å². The average Bonchev–Trinajstić information content (AvgIpc) is 2.63. The van der Waals surface area contributed by atoms with Crippen molar-refractivity contribution in [3.05, 3.63) is 89.2 Å². The third kappa shape index (κ3) is 2.97. The molecule has 0 radical (unpaired) electrons. The minimum Gasteiger partial charge on any atom is -0.340 e. The molecule has 6 heteroatoms. The zero-order valence-corrected chi connectivity index (χ0v) is 13.1. The summed E-state index contributed by atoms with van der Waals surface area (Å²) in [7, 11) is 0. The predicted molar refractivity (Wildman–Crippen MR) is 94.8 cm³/mol. The normalized spacial score (nSPS) is 10.8. The lowest BCUT2D eigenvalue weighted by atomic mass is 10.3. The highest BCUT2D eigenvalue weighted by molar-refractivity contribution is 5.76. The molecule has 4 rings (SSSR count). The van der Waals surface area contributed by atoms with E-state index in [1.807, 2.05) is 30.3 Å². The van der Waals surface area contributed by atoms with Gasteiger partial charge in [-0.15, -0.1) is 0 Å². The zero-order chi connectivity index (χ0) is 17.2. The molecule has 2 heterocycles. The Balaban J connectivity index is 1.79. The molecule has 0 aliphatic heterocycles. The lowest BCUT2D eigenvalue weighted by molar-refractivity contribution is 0.628.